The Morgan fingerprint density at radius 2 is 1.72 bits per heavy atom. The third-order valence-corrected chi connectivity index (χ3v) is 2.94. The van der Waals surface area contributed by atoms with Crippen molar-refractivity contribution in [3.63, 3.8) is 0 Å². The van der Waals surface area contributed by atoms with Gasteiger partial charge in [0.05, 0.1) is 21.8 Å². The van der Waals surface area contributed by atoms with E-state index in [0.29, 0.717) is 27.8 Å². The molecule has 1 atom stereocenters. The Bertz CT molecular complexity index is 382. The van der Waals surface area contributed by atoms with Gasteiger partial charge in [0, 0.05) is 12.1 Å². The van der Waals surface area contributed by atoms with E-state index in [9.17, 15) is 5.11 Å². The highest BCUT2D eigenvalue weighted by Crippen LogP contribution is 2.31. The zero-order valence-electron chi connectivity index (χ0n) is 10.6. The van der Waals surface area contributed by atoms with Crippen molar-refractivity contribution in [2.24, 2.45) is 0 Å². The molecule has 0 fully saturated rings. The summed E-state index contributed by atoms with van der Waals surface area (Å²) in [4.78, 5) is 0. The average Bonchev–Trinajstić information content (AvgIpc) is 2.20. The first-order chi connectivity index (χ1) is 7.70. The minimum absolute atomic E-state index is 0. The second kappa shape index (κ2) is 6.83. The highest BCUT2D eigenvalue weighted by Gasteiger charge is 2.15. The van der Waals surface area contributed by atoms with Crippen LogP contribution in [0.15, 0.2) is 12.1 Å². The van der Waals surface area contributed by atoms with E-state index in [0.717, 1.165) is 0 Å². The summed E-state index contributed by atoms with van der Waals surface area (Å²) in [6.45, 7) is 6.52. The maximum absolute atomic E-state index is 10.0. The molecule has 3 nitrogen and oxygen atoms in total. The van der Waals surface area contributed by atoms with Gasteiger partial charge in [0.15, 0.2) is 0 Å². The van der Waals surface area contributed by atoms with Crippen molar-refractivity contribution in [3.8, 4) is 0 Å². The first-order valence-corrected chi connectivity index (χ1v) is 6.14. The lowest BCUT2D eigenvalue weighted by molar-refractivity contribution is 0.163. The lowest BCUT2D eigenvalue weighted by Gasteiger charge is -2.23. The predicted molar refractivity (Wildman–Crippen MR) is 80.8 cm³/mol. The van der Waals surface area contributed by atoms with Gasteiger partial charge in [-0.2, -0.15) is 0 Å². The number of anilines is 1. The fourth-order valence-electron chi connectivity index (χ4n) is 1.32. The summed E-state index contributed by atoms with van der Waals surface area (Å²) < 4.78 is 0. The van der Waals surface area contributed by atoms with Crippen LogP contribution in [0.1, 0.15) is 32.4 Å². The van der Waals surface area contributed by atoms with Crippen molar-refractivity contribution in [1.82, 2.24) is 5.32 Å². The summed E-state index contributed by atoms with van der Waals surface area (Å²) in [5.41, 5.74) is 6.58. The molecule has 0 aliphatic heterocycles. The van der Waals surface area contributed by atoms with Gasteiger partial charge in [-0.3, -0.25) is 0 Å². The average molecular weight is 318 g/mol. The summed E-state index contributed by atoms with van der Waals surface area (Å²) in [7, 11) is 0. The van der Waals surface area contributed by atoms with Crippen LogP contribution in [-0.4, -0.2) is 17.2 Å². The molecule has 1 aromatic rings. The molecule has 0 aromatic heterocycles. The number of nitrogens with two attached hydrogens (primary N) is 1. The molecule has 0 amide bonds. The monoisotopic (exact) mass is 316 g/mol. The molecule has 0 spiro atoms. The largest absolute Gasteiger partial charge is 0.396 e. The molecule has 0 bridgehead atoms. The Balaban J connectivity index is 0.00000289. The van der Waals surface area contributed by atoms with Gasteiger partial charge in [-0.15, -0.1) is 12.4 Å². The highest BCUT2D eigenvalue weighted by atomic mass is 35.5. The number of β-amino-alcohol motifs (C(OH)–C–C–N with tert-alkyl or cyclic N) is 1. The van der Waals surface area contributed by atoms with Gasteiger partial charge in [0.25, 0.3) is 0 Å². The second-order valence-electron chi connectivity index (χ2n) is 5.04. The molecule has 6 heteroatoms. The number of hydrogen-bond acceptors (Lipinski definition) is 3. The molecule has 1 rings (SSSR count). The zero-order valence-corrected chi connectivity index (χ0v) is 13.0. The van der Waals surface area contributed by atoms with Crippen molar-refractivity contribution in [2.75, 3.05) is 12.3 Å². The minimum atomic E-state index is -0.662. The van der Waals surface area contributed by atoms with Crippen molar-refractivity contribution in [3.05, 3.63) is 27.7 Å². The van der Waals surface area contributed by atoms with Gasteiger partial charge in [0.1, 0.15) is 0 Å². The van der Waals surface area contributed by atoms with Crippen LogP contribution in [0.3, 0.4) is 0 Å². The molecular formula is C12H19Cl3N2O. The van der Waals surface area contributed by atoms with Crippen molar-refractivity contribution in [1.29, 1.82) is 0 Å². The lowest BCUT2D eigenvalue weighted by Crippen LogP contribution is -2.38. The van der Waals surface area contributed by atoms with Gasteiger partial charge >= 0.3 is 0 Å². The summed E-state index contributed by atoms with van der Waals surface area (Å²) in [6, 6.07) is 3.27. The number of aliphatic hydroxyl groups is 1. The molecule has 0 aliphatic rings. The van der Waals surface area contributed by atoms with E-state index in [4.69, 9.17) is 28.9 Å². The van der Waals surface area contributed by atoms with Crippen LogP contribution < -0.4 is 11.1 Å². The van der Waals surface area contributed by atoms with E-state index in [1.165, 1.54) is 0 Å². The maximum Gasteiger partial charge on any atom is 0.0915 e. The van der Waals surface area contributed by atoms with Crippen molar-refractivity contribution in [2.45, 2.75) is 32.4 Å². The molecule has 18 heavy (non-hydrogen) atoms. The Morgan fingerprint density at radius 3 is 2.11 bits per heavy atom. The Labute approximate surface area is 124 Å². The Hall–Kier alpha value is -0.190. The van der Waals surface area contributed by atoms with Crippen LogP contribution in [0.4, 0.5) is 5.69 Å². The fraction of sp³-hybridized carbons (Fsp3) is 0.500. The summed E-state index contributed by atoms with van der Waals surface area (Å²) in [5.74, 6) is 0. The third-order valence-electron chi connectivity index (χ3n) is 2.31. The number of aliphatic hydroxyl groups excluding tert-OH is 1. The van der Waals surface area contributed by atoms with Crippen LogP contribution in [-0.2, 0) is 0 Å². The molecule has 1 aromatic carbocycles. The zero-order chi connectivity index (χ0) is 13.2. The van der Waals surface area contributed by atoms with E-state index in [2.05, 4.69) is 5.32 Å². The van der Waals surface area contributed by atoms with Crippen molar-refractivity contribution >= 4 is 41.3 Å². The summed E-state index contributed by atoms with van der Waals surface area (Å²) >= 11 is 11.8. The normalized spacial score (nSPS) is 13.0. The maximum atomic E-state index is 10.0. The number of nitrogen functional groups attached to an aromatic ring is 1. The molecule has 1 unspecified atom stereocenters. The van der Waals surface area contributed by atoms with E-state index in [1.54, 1.807) is 12.1 Å². The predicted octanol–water partition coefficient (Wildman–Crippen LogP) is 3.42. The number of benzene rings is 1. The van der Waals surface area contributed by atoms with Gasteiger partial charge in [-0.25, -0.2) is 0 Å². The topological polar surface area (TPSA) is 58.3 Å². The second-order valence-corrected chi connectivity index (χ2v) is 5.86. The molecule has 0 saturated heterocycles. The fourth-order valence-corrected chi connectivity index (χ4v) is 1.82. The number of nitrogens with one attached hydrogen (secondary N) is 1. The van der Waals surface area contributed by atoms with E-state index in [1.807, 2.05) is 20.8 Å². The Morgan fingerprint density at radius 1 is 1.28 bits per heavy atom. The van der Waals surface area contributed by atoms with E-state index >= 15 is 0 Å². The van der Waals surface area contributed by atoms with Gasteiger partial charge < -0.3 is 16.2 Å². The van der Waals surface area contributed by atoms with Gasteiger partial charge in [0.2, 0.25) is 0 Å². The standard InChI is InChI=1S/C12H18Cl2N2O.ClH/c1-12(2,3)16-6-10(17)7-4-8(13)11(15)9(14)5-7;/h4-5,10,16-17H,6,15H2,1-3H3;1H/i1+1,2+1,3+1,12+1;. The van der Waals surface area contributed by atoms with Crippen molar-refractivity contribution < 1.29 is 5.11 Å². The van der Waals surface area contributed by atoms with E-state index in [-0.39, 0.29) is 17.9 Å². The quantitative estimate of drug-likeness (QED) is 0.591. The number of rotatable bonds is 3. The Kier molecular flexibility index (Phi) is 6.75. The summed E-state index contributed by atoms with van der Waals surface area (Å²) in [6.07, 6.45) is -0.662. The first-order valence-electron chi connectivity index (χ1n) is 5.38. The van der Waals surface area contributed by atoms with Crippen LogP contribution >= 0.6 is 35.6 Å². The highest BCUT2D eigenvalue weighted by molar-refractivity contribution is 6.38. The molecule has 104 valence electrons. The molecular weight excluding hydrogens is 298 g/mol. The number of halogens is 3. The van der Waals surface area contributed by atoms with Crippen LogP contribution in [0.25, 0.3) is 0 Å². The van der Waals surface area contributed by atoms with E-state index < -0.39 is 6.10 Å². The third kappa shape index (κ3) is 5.21. The molecule has 4 N–H and O–H groups in total. The molecule has 0 aliphatic carbocycles. The molecule has 0 radical (unpaired) electrons. The van der Waals surface area contributed by atoms with Gasteiger partial charge in [-0.1, -0.05) is 23.2 Å². The van der Waals surface area contributed by atoms with Crippen LogP contribution in [0.5, 0.6) is 0 Å². The minimum Gasteiger partial charge on any atom is -0.396 e. The first kappa shape index (κ1) is 17.8. The van der Waals surface area contributed by atoms with Crippen LogP contribution in [0.2, 0.25) is 10.0 Å². The smallest absolute Gasteiger partial charge is 0.0915 e. The summed E-state index contributed by atoms with van der Waals surface area (Å²) in [5, 5.41) is 13.9. The molecule has 0 heterocycles. The lowest BCUT2D eigenvalue weighted by atomic mass is 10.1. The SMILES string of the molecule is Cl.[13CH3][13C]([13CH3])([13CH3])NCC(O)c1cc(Cl)c(N)c(Cl)c1. The van der Waals surface area contributed by atoms with Gasteiger partial charge in [-0.05, 0) is 38.5 Å². The van der Waals surface area contributed by atoms with Crippen LogP contribution in [0, 0.1) is 0 Å². The molecule has 0 saturated carbocycles. The number of hydrogen-bond donors (Lipinski definition) is 3.